The number of nitriles is 1. The first-order valence-corrected chi connectivity index (χ1v) is 8.90. The number of amides is 1. The Kier molecular flexibility index (Phi) is 6.20. The number of halogens is 3. The maximum Gasteiger partial charge on any atom is 0.411 e. The Labute approximate surface area is 153 Å². The first-order chi connectivity index (χ1) is 12.6. The minimum atomic E-state index is -4.43. The molecule has 10 heteroatoms. The molecular weight excluding hydrogens is 385 g/mol. The molecule has 0 heterocycles. The lowest BCUT2D eigenvalue weighted by molar-refractivity contribution is -0.176. The molecule has 0 aromatic heterocycles. The maximum atomic E-state index is 12.2. The molecule has 0 radical (unpaired) electrons. The van der Waals surface area contributed by atoms with Crippen LogP contribution in [0.5, 0.6) is 0 Å². The summed E-state index contributed by atoms with van der Waals surface area (Å²) in [6, 6.07) is 12.1. The quantitative estimate of drug-likeness (QED) is 0.807. The lowest BCUT2D eigenvalue weighted by Gasteiger charge is -2.09. The number of alkyl halides is 3. The van der Waals surface area contributed by atoms with E-state index in [4.69, 9.17) is 5.26 Å². The van der Waals surface area contributed by atoms with Gasteiger partial charge in [-0.1, -0.05) is 12.1 Å². The maximum absolute atomic E-state index is 12.2. The fourth-order valence-electron chi connectivity index (χ4n) is 1.99. The van der Waals surface area contributed by atoms with Gasteiger partial charge >= 0.3 is 6.18 Å². The molecule has 1 amide bonds. The molecule has 0 unspecified atom stereocenters. The molecule has 0 aliphatic rings. The van der Waals surface area contributed by atoms with Gasteiger partial charge < -0.3 is 4.74 Å². The van der Waals surface area contributed by atoms with Crippen molar-refractivity contribution >= 4 is 15.9 Å². The number of benzene rings is 2. The molecule has 6 nitrogen and oxygen atoms in total. The normalized spacial score (nSPS) is 11.6. The molecule has 0 aliphatic heterocycles. The van der Waals surface area contributed by atoms with Crippen molar-refractivity contribution in [2.24, 2.45) is 0 Å². The fourth-order valence-corrected chi connectivity index (χ4v) is 2.96. The highest BCUT2D eigenvalue weighted by molar-refractivity contribution is 7.90. The number of hydrogen-bond donors (Lipinski definition) is 1. The van der Waals surface area contributed by atoms with E-state index in [0.29, 0.717) is 5.56 Å². The zero-order valence-electron chi connectivity index (χ0n) is 13.7. The Morgan fingerprint density at radius 1 is 1.07 bits per heavy atom. The van der Waals surface area contributed by atoms with Crippen molar-refractivity contribution in [3.63, 3.8) is 0 Å². The molecule has 2 aromatic rings. The van der Waals surface area contributed by atoms with Crippen LogP contribution in [0.3, 0.4) is 0 Å². The Morgan fingerprint density at radius 3 is 2.19 bits per heavy atom. The predicted octanol–water partition coefficient (Wildman–Crippen LogP) is 2.76. The van der Waals surface area contributed by atoms with Crippen molar-refractivity contribution in [2.45, 2.75) is 17.7 Å². The van der Waals surface area contributed by atoms with Crippen LogP contribution < -0.4 is 4.72 Å². The van der Waals surface area contributed by atoms with E-state index in [1.165, 1.54) is 48.5 Å². The van der Waals surface area contributed by atoms with Crippen LogP contribution in [0.4, 0.5) is 13.2 Å². The molecule has 0 saturated heterocycles. The summed E-state index contributed by atoms with van der Waals surface area (Å²) >= 11 is 0. The van der Waals surface area contributed by atoms with Crippen LogP contribution in [0.25, 0.3) is 0 Å². The van der Waals surface area contributed by atoms with Crippen LogP contribution in [0, 0.1) is 11.3 Å². The molecule has 0 bridgehead atoms. The largest absolute Gasteiger partial charge is 0.411 e. The van der Waals surface area contributed by atoms with E-state index in [1.54, 1.807) is 0 Å². The van der Waals surface area contributed by atoms with Crippen molar-refractivity contribution in [1.82, 2.24) is 4.72 Å². The summed E-state index contributed by atoms with van der Waals surface area (Å²) in [5.74, 6) is -0.901. The lowest BCUT2D eigenvalue weighted by atomic mass is 10.1. The van der Waals surface area contributed by atoms with Crippen molar-refractivity contribution in [1.29, 1.82) is 5.26 Å². The molecule has 2 rings (SSSR count). The highest BCUT2D eigenvalue weighted by Crippen LogP contribution is 2.16. The topological polar surface area (TPSA) is 96.3 Å². The lowest BCUT2D eigenvalue weighted by Crippen LogP contribution is -2.30. The molecule has 0 atom stereocenters. The molecule has 2 aromatic carbocycles. The van der Waals surface area contributed by atoms with Gasteiger partial charge in [0, 0.05) is 5.56 Å². The molecular formula is C17H13F3N2O4S. The number of ether oxygens (including phenoxy) is 1. The first kappa shape index (κ1) is 20.4. The summed E-state index contributed by atoms with van der Waals surface area (Å²) in [5.41, 5.74) is 0.668. The number of hydrogen-bond acceptors (Lipinski definition) is 5. The van der Waals surface area contributed by atoms with E-state index in [-0.39, 0.29) is 22.6 Å². The standard InChI is InChI=1S/C17H13F3N2O4S/c18-17(19,20)11-26-10-13-1-5-14(6-2-13)16(23)22-27(24,25)15-7-3-12(9-21)4-8-15/h1-8H,10-11H2,(H,22,23). The first-order valence-electron chi connectivity index (χ1n) is 7.41. The second kappa shape index (κ2) is 8.20. The Balaban J connectivity index is 2.01. The van der Waals surface area contributed by atoms with Gasteiger partial charge in [-0.3, -0.25) is 4.79 Å². The average Bonchev–Trinajstić information content (AvgIpc) is 2.61. The smallest absolute Gasteiger partial charge is 0.367 e. The molecule has 0 fully saturated rings. The van der Waals surface area contributed by atoms with Gasteiger partial charge in [0.2, 0.25) is 0 Å². The van der Waals surface area contributed by atoms with Crippen LogP contribution in [0.2, 0.25) is 0 Å². The van der Waals surface area contributed by atoms with E-state index >= 15 is 0 Å². The Hall–Kier alpha value is -2.90. The number of sulfonamides is 1. The molecule has 0 aliphatic carbocycles. The summed E-state index contributed by atoms with van der Waals surface area (Å²) < 4.78 is 66.8. The zero-order chi connectivity index (χ0) is 20.1. The number of rotatable bonds is 6. The fraction of sp³-hybridized carbons (Fsp3) is 0.176. The van der Waals surface area contributed by atoms with Crippen LogP contribution >= 0.6 is 0 Å². The van der Waals surface area contributed by atoms with Gasteiger partial charge in [-0.2, -0.15) is 18.4 Å². The van der Waals surface area contributed by atoms with Crippen molar-refractivity contribution in [3.05, 3.63) is 65.2 Å². The third-order valence-corrected chi connectivity index (χ3v) is 4.62. The van der Waals surface area contributed by atoms with Gasteiger partial charge in [0.1, 0.15) is 6.61 Å². The summed E-state index contributed by atoms with van der Waals surface area (Å²) in [7, 11) is -4.13. The third-order valence-electron chi connectivity index (χ3n) is 3.27. The van der Waals surface area contributed by atoms with Gasteiger partial charge in [-0.25, -0.2) is 13.1 Å². The minimum Gasteiger partial charge on any atom is -0.367 e. The van der Waals surface area contributed by atoms with Gasteiger partial charge in [-0.05, 0) is 42.0 Å². The van der Waals surface area contributed by atoms with E-state index in [2.05, 4.69) is 4.74 Å². The SMILES string of the molecule is N#Cc1ccc(S(=O)(=O)NC(=O)c2ccc(COCC(F)(F)F)cc2)cc1. The highest BCUT2D eigenvalue weighted by Gasteiger charge is 2.27. The summed E-state index contributed by atoms with van der Waals surface area (Å²) in [6.45, 7) is -1.69. The number of nitrogens with zero attached hydrogens (tertiary/aromatic N) is 1. The summed E-state index contributed by atoms with van der Waals surface area (Å²) in [5, 5.41) is 8.71. The van der Waals surface area contributed by atoms with E-state index in [9.17, 15) is 26.4 Å². The van der Waals surface area contributed by atoms with Gasteiger partial charge in [0.25, 0.3) is 15.9 Å². The number of nitrogens with one attached hydrogen (secondary N) is 1. The molecule has 0 spiro atoms. The second-order valence-electron chi connectivity index (χ2n) is 5.38. The minimum absolute atomic E-state index is 0.00629. The zero-order valence-corrected chi connectivity index (χ0v) is 14.5. The van der Waals surface area contributed by atoms with Crippen LogP contribution in [-0.4, -0.2) is 27.1 Å². The van der Waals surface area contributed by atoms with Gasteiger partial charge in [0.15, 0.2) is 0 Å². The monoisotopic (exact) mass is 398 g/mol. The Morgan fingerprint density at radius 2 is 1.67 bits per heavy atom. The predicted molar refractivity (Wildman–Crippen MR) is 88.0 cm³/mol. The molecule has 0 saturated carbocycles. The van der Waals surface area contributed by atoms with E-state index in [1.807, 2.05) is 10.8 Å². The van der Waals surface area contributed by atoms with Gasteiger partial charge in [0.05, 0.1) is 23.1 Å². The van der Waals surface area contributed by atoms with E-state index < -0.39 is 28.7 Å². The summed E-state index contributed by atoms with van der Waals surface area (Å²) in [6.07, 6.45) is -4.43. The number of carbonyl (C=O) groups excluding carboxylic acids is 1. The highest BCUT2D eigenvalue weighted by atomic mass is 32.2. The molecule has 142 valence electrons. The van der Waals surface area contributed by atoms with E-state index in [0.717, 1.165) is 0 Å². The molecule has 1 N–H and O–H groups in total. The Bertz CT molecular complexity index is 948. The summed E-state index contributed by atoms with van der Waals surface area (Å²) in [4.78, 5) is 11.9. The number of carbonyl (C=O) groups is 1. The van der Waals surface area contributed by atoms with Crippen molar-refractivity contribution in [3.8, 4) is 6.07 Å². The average molecular weight is 398 g/mol. The van der Waals surface area contributed by atoms with Crippen LogP contribution in [-0.2, 0) is 21.4 Å². The third kappa shape index (κ3) is 6.09. The van der Waals surface area contributed by atoms with Crippen molar-refractivity contribution in [2.75, 3.05) is 6.61 Å². The van der Waals surface area contributed by atoms with Gasteiger partial charge in [-0.15, -0.1) is 0 Å². The van der Waals surface area contributed by atoms with Crippen LogP contribution in [0.1, 0.15) is 21.5 Å². The van der Waals surface area contributed by atoms with Crippen molar-refractivity contribution < 1.29 is 31.1 Å². The molecule has 27 heavy (non-hydrogen) atoms. The van der Waals surface area contributed by atoms with Crippen LogP contribution in [0.15, 0.2) is 53.4 Å². The second-order valence-corrected chi connectivity index (χ2v) is 7.06.